The van der Waals surface area contributed by atoms with Crippen molar-refractivity contribution in [2.24, 2.45) is 0 Å². The summed E-state index contributed by atoms with van der Waals surface area (Å²) in [4.78, 5) is 15.9. The van der Waals surface area contributed by atoms with Crippen LogP contribution < -0.4 is 10.6 Å². The smallest absolute Gasteiger partial charge is 0.194 e. The zero-order valence-corrected chi connectivity index (χ0v) is 13.9. The summed E-state index contributed by atoms with van der Waals surface area (Å²) in [7, 11) is 0. The second-order valence-electron chi connectivity index (χ2n) is 5.82. The van der Waals surface area contributed by atoms with Crippen LogP contribution in [0.1, 0.15) is 24.6 Å². The number of imidazole rings is 1. The van der Waals surface area contributed by atoms with Gasteiger partial charge in [-0.05, 0) is 25.8 Å². The molecule has 0 aliphatic carbocycles. The number of nitrogens with zero attached hydrogens (tertiary/aromatic N) is 4. The van der Waals surface area contributed by atoms with Gasteiger partial charge in [-0.25, -0.2) is 9.97 Å². The standard InChI is InChI=1S/C16H20N6S/c1-2-12-10-22-14(8-19-16(22)23-12)13-7-18-9-15(21-13)20-11-4-3-5-17-6-11/h7-11,17H,2-6H2,1H3,(H,20,21). The van der Waals surface area contributed by atoms with E-state index in [-0.39, 0.29) is 0 Å². The molecule has 120 valence electrons. The summed E-state index contributed by atoms with van der Waals surface area (Å²) >= 11 is 1.73. The highest BCUT2D eigenvalue weighted by Crippen LogP contribution is 2.25. The van der Waals surface area contributed by atoms with E-state index in [4.69, 9.17) is 4.98 Å². The molecule has 6 nitrogen and oxygen atoms in total. The maximum absolute atomic E-state index is 4.74. The summed E-state index contributed by atoms with van der Waals surface area (Å²) in [6.07, 6.45) is 11.0. The minimum Gasteiger partial charge on any atom is -0.365 e. The molecule has 3 aromatic rings. The van der Waals surface area contributed by atoms with Gasteiger partial charge in [0.15, 0.2) is 4.96 Å². The van der Waals surface area contributed by atoms with E-state index in [1.807, 2.05) is 6.20 Å². The van der Waals surface area contributed by atoms with Gasteiger partial charge in [-0.15, -0.1) is 11.3 Å². The molecule has 0 saturated carbocycles. The van der Waals surface area contributed by atoms with Crippen LogP contribution in [-0.2, 0) is 6.42 Å². The fraction of sp³-hybridized carbons (Fsp3) is 0.438. The molecule has 1 aliphatic rings. The Morgan fingerprint density at radius 1 is 1.39 bits per heavy atom. The minimum absolute atomic E-state index is 0.423. The maximum Gasteiger partial charge on any atom is 0.194 e. The number of hydrogen-bond donors (Lipinski definition) is 2. The number of piperidine rings is 1. The quantitative estimate of drug-likeness (QED) is 0.770. The van der Waals surface area contributed by atoms with Crippen molar-refractivity contribution in [1.29, 1.82) is 0 Å². The summed E-state index contributed by atoms with van der Waals surface area (Å²) in [6.45, 7) is 4.25. The molecule has 3 aromatic heterocycles. The van der Waals surface area contributed by atoms with Crippen molar-refractivity contribution in [3.63, 3.8) is 0 Å². The first-order valence-electron chi connectivity index (χ1n) is 8.09. The van der Waals surface area contributed by atoms with Gasteiger partial charge in [-0.2, -0.15) is 0 Å². The highest BCUT2D eigenvalue weighted by molar-refractivity contribution is 7.17. The van der Waals surface area contributed by atoms with E-state index in [0.717, 1.165) is 41.7 Å². The van der Waals surface area contributed by atoms with Crippen LogP contribution in [0.5, 0.6) is 0 Å². The van der Waals surface area contributed by atoms with E-state index < -0.39 is 0 Å². The van der Waals surface area contributed by atoms with Gasteiger partial charge in [0.1, 0.15) is 11.5 Å². The Morgan fingerprint density at radius 2 is 2.35 bits per heavy atom. The minimum atomic E-state index is 0.423. The molecule has 1 aliphatic heterocycles. The fourth-order valence-electron chi connectivity index (χ4n) is 2.93. The molecule has 1 saturated heterocycles. The lowest BCUT2D eigenvalue weighted by Crippen LogP contribution is -2.38. The van der Waals surface area contributed by atoms with Crippen LogP contribution in [0.3, 0.4) is 0 Å². The zero-order valence-electron chi connectivity index (χ0n) is 13.1. The number of fused-ring (bicyclic) bond motifs is 1. The first-order valence-corrected chi connectivity index (χ1v) is 8.90. The van der Waals surface area contributed by atoms with Gasteiger partial charge in [0.2, 0.25) is 0 Å². The van der Waals surface area contributed by atoms with E-state index in [1.54, 1.807) is 23.7 Å². The second kappa shape index (κ2) is 6.25. The third-order valence-corrected chi connectivity index (χ3v) is 5.29. The molecule has 4 heterocycles. The summed E-state index contributed by atoms with van der Waals surface area (Å²) in [6, 6.07) is 0.423. The van der Waals surface area contributed by atoms with Gasteiger partial charge >= 0.3 is 0 Å². The van der Waals surface area contributed by atoms with Crippen LogP contribution in [0, 0.1) is 0 Å². The first kappa shape index (κ1) is 14.6. The van der Waals surface area contributed by atoms with Crippen LogP contribution >= 0.6 is 11.3 Å². The summed E-state index contributed by atoms with van der Waals surface area (Å²) in [5.41, 5.74) is 1.85. The molecule has 23 heavy (non-hydrogen) atoms. The summed E-state index contributed by atoms with van der Waals surface area (Å²) in [5, 5.41) is 6.89. The normalized spacial score (nSPS) is 18.4. The molecule has 2 N–H and O–H groups in total. The number of anilines is 1. The Labute approximate surface area is 139 Å². The molecule has 0 aromatic carbocycles. The van der Waals surface area contributed by atoms with E-state index >= 15 is 0 Å². The summed E-state index contributed by atoms with van der Waals surface area (Å²) < 4.78 is 2.11. The number of thiazole rings is 1. The number of nitrogens with one attached hydrogen (secondary N) is 2. The van der Waals surface area contributed by atoms with Gasteiger partial charge in [-0.1, -0.05) is 6.92 Å². The van der Waals surface area contributed by atoms with Crippen molar-refractivity contribution in [1.82, 2.24) is 24.7 Å². The van der Waals surface area contributed by atoms with Crippen molar-refractivity contribution in [2.45, 2.75) is 32.2 Å². The average Bonchev–Trinajstić information content (AvgIpc) is 3.16. The van der Waals surface area contributed by atoms with Crippen molar-refractivity contribution < 1.29 is 0 Å². The molecule has 7 heteroatoms. The fourth-order valence-corrected chi connectivity index (χ4v) is 3.82. The Morgan fingerprint density at radius 3 is 3.17 bits per heavy atom. The topological polar surface area (TPSA) is 67.1 Å². The van der Waals surface area contributed by atoms with E-state index in [2.05, 4.69) is 38.1 Å². The monoisotopic (exact) mass is 328 g/mol. The second-order valence-corrected chi connectivity index (χ2v) is 6.92. The number of aryl methyl sites for hydroxylation is 1. The molecule has 0 bridgehead atoms. The molecule has 1 atom stereocenters. The lowest BCUT2D eigenvalue weighted by molar-refractivity contribution is 0.479. The molecule has 0 spiro atoms. The number of aromatic nitrogens is 4. The Hall–Kier alpha value is -1.99. The van der Waals surface area contributed by atoms with Gasteiger partial charge in [-0.3, -0.25) is 9.38 Å². The number of rotatable bonds is 4. The lowest BCUT2D eigenvalue weighted by atomic mass is 10.1. The highest BCUT2D eigenvalue weighted by Gasteiger charge is 2.15. The molecular formula is C16H20N6S. The largest absolute Gasteiger partial charge is 0.365 e. The van der Waals surface area contributed by atoms with Gasteiger partial charge in [0, 0.05) is 23.7 Å². The lowest BCUT2D eigenvalue weighted by Gasteiger charge is -2.24. The molecule has 0 amide bonds. The van der Waals surface area contributed by atoms with Crippen LogP contribution in [-0.4, -0.2) is 38.5 Å². The van der Waals surface area contributed by atoms with Gasteiger partial charge < -0.3 is 10.6 Å². The van der Waals surface area contributed by atoms with Crippen molar-refractivity contribution in [2.75, 3.05) is 18.4 Å². The molecule has 1 fully saturated rings. The van der Waals surface area contributed by atoms with Gasteiger partial charge in [0.25, 0.3) is 0 Å². The Bertz CT molecular complexity index is 802. The van der Waals surface area contributed by atoms with Crippen LogP contribution in [0.2, 0.25) is 0 Å². The highest BCUT2D eigenvalue weighted by atomic mass is 32.1. The van der Waals surface area contributed by atoms with Crippen molar-refractivity contribution in [3.8, 4) is 11.4 Å². The third-order valence-electron chi connectivity index (χ3n) is 4.15. The predicted octanol–water partition coefficient (Wildman–Crippen LogP) is 2.58. The van der Waals surface area contributed by atoms with E-state index in [9.17, 15) is 0 Å². The van der Waals surface area contributed by atoms with Gasteiger partial charge in [0.05, 0.1) is 24.3 Å². The van der Waals surface area contributed by atoms with Crippen molar-refractivity contribution >= 4 is 22.1 Å². The SMILES string of the molecule is CCc1cn2c(-c3cncc(NC4CCCNC4)n3)cnc2s1. The van der Waals surface area contributed by atoms with E-state index in [0.29, 0.717) is 6.04 Å². The first-order chi connectivity index (χ1) is 11.3. The third kappa shape index (κ3) is 2.94. The van der Waals surface area contributed by atoms with Crippen LogP contribution in [0.4, 0.5) is 5.82 Å². The van der Waals surface area contributed by atoms with Crippen LogP contribution in [0.15, 0.2) is 24.8 Å². The maximum atomic E-state index is 4.74. The molecular weight excluding hydrogens is 308 g/mol. The zero-order chi connectivity index (χ0) is 15.6. The number of hydrogen-bond acceptors (Lipinski definition) is 6. The average molecular weight is 328 g/mol. The van der Waals surface area contributed by atoms with Crippen LogP contribution in [0.25, 0.3) is 16.3 Å². The molecule has 0 radical (unpaired) electrons. The predicted molar refractivity (Wildman–Crippen MR) is 93.0 cm³/mol. The van der Waals surface area contributed by atoms with E-state index in [1.165, 1.54) is 17.7 Å². The molecule has 4 rings (SSSR count). The Kier molecular flexibility index (Phi) is 3.97. The molecule has 1 unspecified atom stereocenters. The van der Waals surface area contributed by atoms with Crippen molar-refractivity contribution in [3.05, 3.63) is 29.7 Å². The summed E-state index contributed by atoms with van der Waals surface area (Å²) in [5.74, 6) is 0.831. The Balaban J connectivity index is 1.62.